The van der Waals surface area contributed by atoms with E-state index in [1.165, 1.54) is 128 Å². The summed E-state index contributed by atoms with van der Waals surface area (Å²) in [4.78, 5) is 0. The molecule has 2 aromatic rings. The maximum atomic E-state index is 4.85. The van der Waals surface area contributed by atoms with Gasteiger partial charge in [-0.15, -0.1) is 6.58 Å². The molecular weight excluding hydrogens is 540 g/mol. The molecule has 0 heteroatoms. The number of benzene rings is 2. The number of unbranched alkanes of at least 4 members (excludes halogenated alkanes) is 5. The van der Waals surface area contributed by atoms with E-state index in [9.17, 15) is 0 Å². The number of allylic oxidation sites excluding steroid dienone is 1. The first-order chi connectivity index (χ1) is 21.8. The fourth-order valence-electron chi connectivity index (χ4n) is 9.65. The first-order valence-electron chi connectivity index (χ1n) is 19.7. The predicted molar refractivity (Wildman–Crippen MR) is 200 cm³/mol. The van der Waals surface area contributed by atoms with Crippen LogP contribution in [0.15, 0.2) is 43.0 Å². The molecule has 45 heavy (non-hydrogen) atoms. The van der Waals surface area contributed by atoms with Gasteiger partial charge in [-0.1, -0.05) is 149 Å². The van der Waals surface area contributed by atoms with Crippen LogP contribution in [0.2, 0.25) is 0 Å². The van der Waals surface area contributed by atoms with Crippen LogP contribution in [0.25, 0.3) is 0 Å². The van der Waals surface area contributed by atoms with Crippen molar-refractivity contribution in [3.05, 3.63) is 81.9 Å². The Bertz CT molecular complexity index is 1180. The normalized spacial score (nSPS) is 18.6. The first-order valence-corrected chi connectivity index (χ1v) is 19.7. The summed E-state index contributed by atoms with van der Waals surface area (Å²) in [5, 5.41) is 0. The molecule has 0 N–H and O–H groups in total. The second-order valence-electron chi connectivity index (χ2n) is 16.1. The Balaban J connectivity index is 2.23. The number of rotatable bonds is 16. The molecule has 0 radical (unpaired) electrons. The zero-order valence-electron chi connectivity index (χ0n) is 30.8. The van der Waals surface area contributed by atoms with Crippen LogP contribution < -0.4 is 0 Å². The van der Waals surface area contributed by atoms with Crippen molar-refractivity contribution in [1.82, 2.24) is 0 Å². The van der Waals surface area contributed by atoms with Crippen molar-refractivity contribution < 1.29 is 0 Å². The van der Waals surface area contributed by atoms with Gasteiger partial charge in [0.05, 0.1) is 0 Å². The Hall–Kier alpha value is -1.82. The Morgan fingerprint density at radius 1 is 0.733 bits per heavy atom. The van der Waals surface area contributed by atoms with Gasteiger partial charge in [0, 0.05) is 5.41 Å². The van der Waals surface area contributed by atoms with Crippen molar-refractivity contribution in [3.63, 3.8) is 0 Å². The fraction of sp³-hybridized carbons (Fsp3) is 0.689. The van der Waals surface area contributed by atoms with Gasteiger partial charge in [-0.05, 0) is 120 Å². The summed E-state index contributed by atoms with van der Waals surface area (Å²) in [7, 11) is 0. The Labute approximate surface area is 280 Å². The molecule has 0 bridgehead atoms. The van der Waals surface area contributed by atoms with E-state index in [0.717, 1.165) is 0 Å². The lowest BCUT2D eigenvalue weighted by atomic mass is 9.55. The van der Waals surface area contributed by atoms with E-state index in [1.807, 2.05) is 5.56 Å². The average Bonchev–Trinajstić information content (AvgIpc) is 3.59. The van der Waals surface area contributed by atoms with Crippen molar-refractivity contribution in [2.45, 2.75) is 193 Å². The van der Waals surface area contributed by atoms with E-state index in [-0.39, 0.29) is 10.8 Å². The highest BCUT2D eigenvalue weighted by atomic mass is 14.5. The molecule has 4 rings (SSSR count). The quantitative estimate of drug-likeness (QED) is 0.131. The summed E-state index contributed by atoms with van der Waals surface area (Å²) in [6, 6.07) is 11.8. The Kier molecular flexibility index (Phi) is 13.5. The molecule has 2 aliphatic rings. The van der Waals surface area contributed by atoms with E-state index < -0.39 is 0 Å². The summed E-state index contributed by atoms with van der Waals surface area (Å²) >= 11 is 0. The monoisotopic (exact) mass is 611 g/mol. The lowest BCUT2D eigenvalue weighted by Gasteiger charge is -2.48. The molecular formula is C45H70. The summed E-state index contributed by atoms with van der Waals surface area (Å²) in [6.07, 6.45) is 27.7. The fourth-order valence-corrected chi connectivity index (χ4v) is 9.65. The van der Waals surface area contributed by atoms with Gasteiger partial charge in [0.2, 0.25) is 0 Å². The first kappa shape index (κ1) is 36.0. The molecule has 0 heterocycles. The molecule has 0 nitrogen and oxygen atoms in total. The Morgan fingerprint density at radius 2 is 1.31 bits per heavy atom. The predicted octanol–water partition coefficient (Wildman–Crippen LogP) is 14.1. The number of hydrogen-bond donors (Lipinski definition) is 0. The molecule has 2 fully saturated rings. The summed E-state index contributed by atoms with van der Waals surface area (Å²) in [5.74, 6) is 1.83. The highest BCUT2D eigenvalue weighted by molar-refractivity contribution is 5.64. The maximum Gasteiger partial charge on any atom is 0.0413 e. The van der Waals surface area contributed by atoms with Crippen LogP contribution in [0.3, 0.4) is 0 Å². The molecule has 0 saturated heterocycles. The lowest BCUT2D eigenvalue weighted by Crippen LogP contribution is -2.40. The van der Waals surface area contributed by atoms with E-state index >= 15 is 0 Å². The van der Waals surface area contributed by atoms with E-state index in [2.05, 4.69) is 84.9 Å². The van der Waals surface area contributed by atoms with Gasteiger partial charge in [0.15, 0.2) is 0 Å². The minimum absolute atomic E-state index is 0.0948. The second kappa shape index (κ2) is 16.8. The van der Waals surface area contributed by atoms with E-state index in [1.54, 1.807) is 27.8 Å². The van der Waals surface area contributed by atoms with Gasteiger partial charge >= 0.3 is 0 Å². The number of hydrogen-bond acceptors (Lipinski definition) is 0. The van der Waals surface area contributed by atoms with Crippen LogP contribution >= 0.6 is 0 Å². The van der Waals surface area contributed by atoms with Crippen LogP contribution in [-0.4, -0.2) is 0 Å². The van der Waals surface area contributed by atoms with Crippen LogP contribution in [0, 0.1) is 5.92 Å². The largest absolute Gasteiger partial charge is 0.102 e. The average molecular weight is 611 g/mol. The van der Waals surface area contributed by atoms with Crippen LogP contribution in [0.5, 0.6) is 0 Å². The third-order valence-electron chi connectivity index (χ3n) is 12.0. The maximum absolute atomic E-state index is 4.85. The van der Waals surface area contributed by atoms with Gasteiger partial charge in [-0.25, -0.2) is 0 Å². The third kappa shape index (κ3) is 7.84. The molecule has 0 amide bonds. The second-order valence-corrected chi connectivity index (χ2v) is 16.1. The summed E-state index contributed by atoms with van der Waals surface area (Å²) in [6.45, 7) is 22.2. The van der Waals surface area contributed by atoms with Crippen LogP contribution in [-0.2, 0) is 23.7 Å². The molecule has 0 aromatic heterocycles. The summed E-state index contributed by atoms with van der Waals surface area (Å²) in [5.41, 5.74) is 12.1. The van der Waals surface area contributed by atoms with Crippen LogP contribution in [0.4, 0.5) is 0 Å². The zero-order chi connectivity index (χ0) is 32.5. The van der Waals surface area contributed by atoms with Crippen molar-refractivity contribution in [3.8, 4) is 0 Å². The van der Waals surface area contributed by atoms with Crippen molar-refractivity contribution in [2.24, 2.45) is 5.92 Å². The van der Waals surface area contributed by atoms with E-state index in [0.29, 0.717) is 17.8 Å². The molecule has 2 aliphatic carbocycles. The molecule has 250 valence electrons. The zero-order valence-corrected chi connectivity index (χ0v) is 30.8. The SMILES string of the molecule is C=CC(c1ccccc1)(c1c(C(C)CC)c(C(C)(C)C)c(CCCCC)c(CCCCCC)c1C1CCCC1)C1CCCCC1. The lowest BCUT2D eigenvalue weighted by molar-refractivity contribution is 0.274. The molecule has 0 aliphatic heterocycles. The molecule has 2 aromatic carbocycles. The van der Waals surface area contributed by atoms with Crippen molar-refractivity contribution in [2.75, 3.05) is 0 Å². The Morgan fingerprint density at radius 3 is 1.89 bits per heavy atom. The van der Waals surface area contributed by atoms with Crippen molar-refractivity contribution in [1.29, 1.82) is 0 Å². The van der Waals surface area contributed by atoms with Crippen molar-refractivity contribution >= 4 is 0 Å². The summed E-state index contributed by atoms with van der Waals surface area (Å²) < 4.78 is 0. The molecule has 0 spiro atoms. The topological polar surface area (TPSA) is 0 Å². The smallest absolute Gasteiger partial charge is 0.0413 e. The molecule has 2 unspecified atom stereocenters. The van der Waals surface area contributed by atoms with Gasteiger partial charge in [0.25, 0.3) is 0 Å². The molecule has 2 atom stereocenters. The highest BCUT2D eigenvalue weighted by Gasteiger charge is 2.47. The highest BCUT2D eigenvalue weighted by Crippen LogP contribution is 2.56. The van der Waals surface area contributed by atoms with Gasteiger partial charge < -0.3 is 0 Å². The van der Waals surface area contributed by atoms with Gasteiger partial charge in [0.1, 0.15) is 0 Å². The standard InChI is InChI=1S/C45H70/c1-9-13-15-23-32-38-39(33-18-14-10-2)42(44(6,7)8)40(34(5)11-3)43(41(38)35-26-24-25-27-35)45(12-4,36-28-19-16-20-29-36)37-30-21-17-22-31-37/h12,16,19-20,28-29,34-35,37H,4,9-11,13-15,17-18,21-27,30-33H2,1-3,5-8H3. The van der Waals surface area contributed by atoms with Gasteiger partial charge in [-0.2, -0.15) is 0 Å². The minimum Gasteiger partial charge on any atom is -0.102 e. The minimum atomic E-state index is -0.140. The van der Waals surface area contributed by atoms with Gasteiger partial charge in [-0.3, -0.25) is 0 Å². The van der Waals surface area contributed by atoms with E-state index in [4.69, 9.17) is 6.58 Å². The van der Waals surface area contributed by atoms with Crippen LogP contribution in [0.1, 0.15) is 208 Å². The molecule has 2 saturated carbocycles. The third-order valence-corrected chi connectivity index (χ3v) is 12.0.